The number of nitrogens with one attached hydrogen (secondary N) is 1. The highest BCUT2D eigenvalue weighted by Gasteiger charge is 2.28. The second kappa shape index (κ2) is 5.50. The Bertz CT molecular complexity index is 237. The summed E-state index contributed by atoms with van der Waals surface area (Å²) in [6, 6.07) is 0. The zero-order chi connectivity index (χ0) is 12.2. The summed E-state index contributed by atoms with van der Waals surface area (Å²) < 4.78 is 10.4. The van der Waals surface area contributed by atoms with Crippen molar-refractivity contribution < 1.29 is 19.4 Å². The topological polar surface area (TPSA) is 67.8 Å². The van der Waals surface area contributed by atoms with Gasteiger partial charge in [-0.05, 0) is 27.2 Å². The fourth-order valence-electron chi connectivity index (χ4n) is 1.66. The van der Waals surface area contributed by atoms with Crippen molar-refractivity contribution in [3.8, 4) is 0 Å². The lowest BCUT2D eigenvalue weighted by Crippen LogP contribution is -2.37. The van der Waals surface area contributed by atoms with Gasteiger partial charge >= 0.3 is 6.09 Å². The molecule has 1 amide bonds. The number of hydrogen-bond acceptors (Lipinski definition) is 4. The molecule has 2 N–H and O–H groups in total. The van der Waals surface area contributed by atoms with Gasteiger partial charge in [-0.15, -0.1) is 0 Å². The Morgan fingerprint density at radius 1 is 1.56 bits per heavy atom. The van der Waals surface area contributed by atoms with Crippen molar-refractivity contribution in [2.24, 2.45) is 5.92 Å². The van der Waals surface area contributed by atoms with Gasteiger partial charge < -0.3 is 19.9 Å². The van der Waals surface area contributed by atoms with Crippen LogP contribution in [0.25, 0.3) is 0 Å². The summed E-state index contributed by atoms with van der Waals surface area (Å²) in [5.74, 6) is 0.178. The van der Waals surface area contributed by atoms with Gasteiger partial charge in [-0.1, -0.05) is 0 Å². The molecule has 16 heavy (non-hydrogen) atoms. The van der Waals surface area contributed by atoms with Crippen molar-refractivity contribution in [2.75, 3.05) is 19.8 Å². The number of ether oxygens (including phenoxy) is 2. The van der Waals surface area contributed by atoms with E-state index in [0.717, 1.165) is 6.42 Å². The molecule has 1 rings (SSSR count). The number of rotatable bonds is 3. The molecular weight excluding hydrogens is 210 g/mol. The zero-order valence-corrected chi connectivity index (χ0v) is 10.2. The van der Waals surface area contributed by atoms with Gasteiger partial charge in [0.1, 0.15) is 5.60 Å². The summed E-state index contributed by atoms with van der Waals surface area (Å²) in [6.45, 7) is 6.60. The Kier molecular flexibility index (Phi) is 4.56. The molecule has 0 aromatic carbocycles. The Hall–Kier alpha value is -0.810. The largest absolute Gasteiger partial charge is 0.444 e. The van der Waals surface area contributed by atoms with Gasteiger partial charge in [0.15, 0.2) is 0 Å². The second-order valence-corrected chi connectivity index (χ2v) is 5.02. The van der Waals surface area contributed by atoms with Crippen molar-refractivity contribution in [3.05, 3.63) is 0 Å². The van der Waals surface area contributed by atoms with Crippen molar-refractivity contribution in [3.63, 3.8) is 0 Å². The fourth-order valence-corrected chi connectivity index (χ4v) is 1.66. The van der Waals surface area contributed by atoms with Crippen molar-refractivity contribution >= 4 is 6.09 Å². The van der Waals surface area contributed by atoms with Gasteiger partial charge in [0.05, 0.1) is 12.7 Å². The van der Waals surface area contributed by atoms with Crippen LogP contribution in [0.1, 0.15) is 27.2 Å². The Morgan fingerprint density at radius 3 is 2.81 bits per heavy atom. The average Bonchev–Trinajstić information content (AvgIpc) is 2.59. The first-order valence-electron chi connectivity index (χ1n) is 5.61. The SMILES string of the molecule is CC(C)(C)OC(=O)NC[C@H]1CCO[C@@H]1CO. The molecule has 5 nitrogen and oxygen atoms in total. The Balaban J connectivity index is 2.26. The van der Waals surface area contributed by atoms with Crippen LogP contribution in [0.15, 0.2) is 0 Å². The van der Waals surface area contributed by atoms with E-state index in [1.807, 2.05) is 20.8 Å². The van der Waals surface area contributed by atoms with E-state index >= 15 is 0 Å². The number of aliphatic hydroxyl groups is 1. The molecule has 1 aliphatic rings. The molecule has 0 radical (unpaired) electrons. The van der Waals surface area contributed by atoms with Crippen molar-refractivity contribution in [2.45, 2.75) is 38.9 Å². The van der Waals surface area contributed by atoms with Crippen LogP contribution in [-0.4, -0.2) is 42.7 Å². The lowest BCUT2D eigenvalue weighted by molar-refractivity contribution is 0.0348. The molecule has 2 atom stereocenters. The third-order valence-electron chi connectivity index (χ3n) is 2.43. The van der Waals surface area contributed by atoms with Crippen molar-refractivity contribution in [1.82, 2.24) is 5.32 Å². The number of carbonyl (C=O) groups is 1. The van der Waals surface area contributed by atoms with E-state index in [9.17, 15) is 4.79 Å². The van der Waals surface area contributed by atoms with Crippen molar-refractivity contribution in [1.29, 1.82) is 0 Å². The van der Waals surface area contributed by atoms with E-state index in [-0.39, 0.29) is 18.6 Å². The average molecular weight is 231 g/mol. The van der Waals surface area contributed by atoms with Gasteiger partial charge in [0.25, 0.3) is 0 Å². The van der Waals surface area contributed by atoms with Gasteiger partial charge in [-0.3, -0.25) is 0 Å². The molecule has 0 aromatic rings. The number of hydrogen-bond donors (Lipinski definition) is 2. The van der Waals surface area contributed by atoms with Crippen LogP contribution in [0, 0.1) is 5.92 Å². The molecular formula is C11H21NO4. The molecule has 1 aliphatic heterocycles. The molecule has 1 saturated heterocycles. The van der Waals surface area contributed by atoms with E-state index in [1.54, 1.807) is 0 Å². The minimum Gasteiger partial charge on any atom is -0.444 e. The molecule has 0 saturated carbocycles. The number of amides is 1. The maximum absolute atomic E-state index is 11.4. The third kappa shape index (κ3) is 4.37. The number of alkyl carbamates (subject to hydrolysis) is 1. The van der Waals surface area contributed by atoms with Crippen LogP contribution >= 0.6 is 0 Å². The first-order chi connectivity index (χ1) is 7.42. The van der Waals surface area contributed by atoms with E-state index in [1.165, 1.54) is 0 Å². The van der Waals surface area contributed by atoms with E-state index < -0.39 is 11.7 Å². The summed E-state index contributed by atoms with van der Waals surface area (Å²) >= 11 is 0. The summed E-state index contributed by atoms with van der Waals surface area (Å²) in [4.78, 5) is 11.4. The molecule has 1 heterocycles. The van der Waals surface area contributed by atoms with Crippen LogP contribution in [0.3, 0.4) is 0 Å². The molecule has 0 aliphatic carbocycles. The standard InChI is InChI=1S/C11H21NO4/c1-11(2,3)16-10(14)12-6-8-4-5-15-9(8)7-13/h8-9,13H,4-7H2,1-3H3,(H,12,14)/t8-,9-/m1/s1. The van der Waals surface area contributed by atoms with Gasteiger partial charge in [-0.2, -0.15) is 0 Å². The molecule has 0 unspecified atom stereocenters. The lowest BCUT2D eigenvalue weighted by Gasteiger charge is -2.21. The molecule has 94 valence electrons. The van der Waals surface area contributed by atoms with Gasteiger partial charge in [0.2, 0.25) is 0 Å². The highest BCUT2D eigenvalue weighted by atomic mass is 16.6. The van der Waals surface area contributed by atoms with E-state index in [2.05, 4.69) is 5.32 Å². The monoisotopic (exact) mass is 231 g/mol. The van der Waals surface area contributed by atoms with Crippen LogP contribution < -0.4 is 5.32 Å². The molecule has 0 spiro atoms. The van der Waals surface area contributed by atoms with Gasteiger partial charge in [0, 0.05) is 19.1 Å². The Labute approximate surface area is 96.1 Å². The predicted molar refractivity (Wildman–Crippen MR) is 59.2 cm³/mol. The first kappa shape index (κ1) is 13.3. The third-order valence-corrected chi connectivity index (χ3v) is 2.43. The van der Waals surface area contributed by atoms with Gasteiger partial charge in [-0.25, -0.2) is 4.79 Å². The highest BCUT2D eigenvalue weighted by molar-refractivity contribution is 5.67. The van der Waals surface area contributed by atoms with E-state index in [0.29, 0.717) is 13.2 Å². The van der Waals surface area contributed by atoms with Crippen LogP contribution in [0.2, 0.25) is 0 Å². The minimum absolute atomic E-state index is 0.000660. The smallest absolute Gasteiger partial charge is 0.407 e. The summed E-state index contributed by atoms with van der Waals surface area (Å²) in [7, 11) is 0. The van der Waals surface area contributed by atoms with Crippen LogP contribution in [0.5, 0.6) is 0 Å². The summed E-state index contributed by atoms with van der Waals surface area (Å²) in [6.07, 6.45) is 0.284. The predicted octanol–water partition coefficient (Wildman–Crippen LogP) is 0.908. The quantitative estimate of drug-likeness (QED) is 0.757. The number of carbonyl (C=O) groups excluding carboxylic acids is 1. The lowest BCUT2D eigenvalue weighted by atomic mass is 10.0. The summed E-state index contributed by atoms with van der Waals surface area (Å²) in [5, 5.41) is 11.7. The zero-order valence-electron chi connectivity index (χ0n) is 10.2. The first-order valence-corrected chi connectivity index (χ1v) is 5.61. The van der Waals surface area contributed by atoms with E-state index in [4.69, 9.17) is 14.6 Å². The normalized spacial score (nSPS) is 25.5. The number of aliphatic hydroxyl groups excluding tert-OH is 1. The molecule has 5 heteroatoms. The highest BCUT2D eigenvalue weighted by Crippen LogP contribution is 2.19. The van der Waals surface area contributed by atoms with Crippen LogP contribution in [-0.2, 0) is 9.47 Å². The maximum atomic E-state index is 11.4. The molecule has 0 aromatic heterocycles. The molecule has 0 bridgehead atoms. The van der Waals surface area contributed by atoms with Crippen LogP contribution in [0.4, 0.5) is 4.79 Å². The maximum Gasteiger partial charge on any atom is 0.407 e. The minimum atomic E-state index is -0.480. The fraction of sp³-hybridized carbons (Fsp3) is 0.909. The second-order valence-electron chi connectivity index (χ2n) is 5.02. The Morgan fingerprint density at radius 2 is 2.25 bits per heavy atom. The summed E-state index contributed by atoms with van der Waals surface area (Å²) in [5.41, 5.74) is -0.480. The molecule has 1 fully saturated rings.